The van der Waals surface area contributed by atoms with Crippen molar-refractivity contribution in [3.8, 4) is 11.5 Å². The highest BCUT2D eigenvalue weighted by Crippen LogP contribution is 2.19. The van der Waals surface area contributed by atoms with E-state index in [9.17, 15) is 0 Å². The number of rotatable bonds is 8. The zero-order valence-electron chi connectivity index (χ0n) is 15.4. The molecule has 3 aromatic carbocycles. The Morgan fingerprint density at radius 2 is 1.35 bits per heavy atom. The van der Waals surface area contributed by atoms with Gasteiger partial charge in [-0.3, -0.25) is 0 Å². The quantitative estimate of drug-likeness (QED) is 0.555. The topological polar surface area (TPSA) is 30.5 Å². The highest BCUT2D eigenvalue weighted by molar-refractivity contribution is 5.54. The summed E-state index contributed by atoms with van der Waals surface area (Å²) in [5.41, 5.74) is 5.00. The van der Waals surface area contributed by atoms with Crippen LogP contribution in [0.15, 0.2) is 72.8 Å². The summed E-state index contributed by atoms with van der Waals surface area (Å²) in [6, 6.07) is 24.3. The minimum absolute atomic E-state index is 0.523. The van der Waals surface area contributed by atoms with Crippen LogP contribution in [-0.2, 0) is 6.54 Å². The van der Waals surface area contributed by atoms with E-state index in [0.717, 1.165) is 18.0 Å². The van der Waals surface area contributed by atoms with Crippen LogP contribution in [0, 0.1) is 13.8 Å². The van der Waals surface area contributed by atoms with E-state index in [1.54, 1.807) is 0 Å². The Bertz CT molecular complexity index is 813. The number of hydrogen-bond donors (Lipinski definition) is 1. The Morgan fingerprint density at radius 3 is 2.04 bits per heavy atom. The van der Waals surface area contributed by atoms with Crippen molar-refractivity contribution in [3.63, 3.8) is 0 Å². The zero-order valence-corrected chi connectivity index (χ0v) is 15.4. The lowest BCUT2D eigenvalue weighted by atomic mass is 10.1. The molecule has 0 saturated carbocycles. The number of para-hydroxylation sites is 1. The molecule has 0 amide bonds. The molecule has 3 nitrogen and oxygen atoms in total. The predicted octanol–water partition coefficient (Wildman–Crippen LogP) is 5.37. The molecule has 0 radical (unpaired) electrons. The molecule has 1 N–H and O–H groups in total. The monoisotopic (exact) mass is 347 g/mol. The fraction of sp³-hybridized carbons (Fsp3) is 0.217. The van der Waals surface area contributed by atoms with Gasteiger partial charge in [-0.15, -0.1) is 0 Å². The van der Waals surface area contributed by atoms with Crippen LogP contribution in [0.2, 0.25) is 0 Å². The SMILES string of the molecule is Cc1cccc(NCc2ccc(OCCOc3ccccc3)cc2)c1C. The fourth-order valence-corrected chi connectivity index (χ4v) is 2.68. The molecule has 0 fully saturated rings. The molecule has 0 aromatic heterocycles. The maximum atomic E-state index is 5.73. The molecule has 0 heterocycles. The fourth-order valence-electron chi connectivity index (χ4n) is 2.68. The Hall–Kier alpha value is -2.94. The molecule has 0 bridgehead atoms. The highest BCUT2D eigenvalue weighted by atomic mass is 16.5. The van der Waals surface area contributed by atoms with Gasteiger partial charge in [0, 0.05) is 12.2 Å². The third-order valence-corrected chi connectivity index (χ3v) is 4.37. The summed E-state index contributed by atoms with van der Waals surface area (Å²) < 4.78 is 11.4. The van der Waals surface area contributed by atoms with E-state index in [0.29, 0.717) is 13.2 Å². The lowest BCUT2D eigenvalue weighted by Crippen LogP contribution is -2.09. The highest BCUT2D eigenvalue weighted by Gasteiger charge is 2.01. The third-order valence-electron chi connectivity index (χ3n) is 4.37. The van der Waals surface area contributed by atoms with Crippen molar-refractivity contribution in [3.05, 3.63) is 89.5 Å². The van der Waals surface area contributed by atoms with Crippen molar-refractivity contribution >= 4 is 5.69 Å². The summed E-state index contributed by atoms with van der Waals surface area (Å²) in [7, 11) is 0. The van der Waals surface area contributed by atoms with Crippen LogP contribution in [-0.4, -0.2) is 13.2 Å². The van der Waals surface area contributed by atoms with Crippen molar-refractivity contribution in [1.82, 2.24) is 0 Å². The standard InChI is InChI=1S/C23H25NO2/c1-18-7-6-10-23(19(18)2)24-17-20-11-13-22(14-12-20)26-16-15-25-21-8-4-3-5-9-21/h3-14,24H,15-17H2,1-2H3. The number of nitrogens with one attached hydrogen (secondary N) is 1. The molecule has 134 valence electrons. The van der Waals surface area contributed by atoms with Gasteiger partial charge in [0.1, 0.15) is 24.7 Å². The Balaban J connectivity index is 1.44. The molecule has 0 saturated heterocycles. The van der Waals surface area contributed by atoms with Crippen LogP contribution in [0.3, 0.4) is 0 Å². The lowest BCUT2D eigenvalue weighted by molar-refractivity contribution is 0.217. The van der Waals surface area contributed by atoms with E-state index >= 15 is 0 Å². The summed E-state index contributed by atoms with van der Waals surface area (Å²) in [4.78, 5) is 0. The van der Waals surface area contributed by atoms with Crippen molar-refractivity contribution in [1.29, 1.82) is 0 Å². The maximum Gasteiger partial charge on any atom is 0.122 e. The van der Waals surface area contributed by atoms with Crippen LogP contribution >= 0.6 is 0 Å². The maximum absolute atomic E-state index is 5.73. The molecule has 0 aliphatic carbocycles. The largest absolute Gasteiger partial charge is 0.490 e. The van der Waals surface area contributed by atoms with E-state index in [1.165, 1.54) is 22.4 Å². The van der Waals surface area contributed by atoms with Gasteiger partial charge < -0.3 is 14.8 Å². The number of hydrogen-bond acceptors (Lipinski definition) is 3. The molecular weight excluding hydrogens is 322 g/mol. The Kier molecular flexibility index (Phi) is 6.15. The molecular formula is C23H25NO2. The van der Waals surface area contributed by atoms with Gasteiger partial charge in [0.15, 0.2) is 0 Å². The average Bonchev–Trinajstić information content (AvgIpc) is 2.68. The number of aryl methyl sites for hydroxylation is 1. The first-order chi connectivity index (χ1) is 12.7. The summed E-state index contributed by atoms with van der Waals surface area (Å²) in [6.07, 6.45) is 0. The Morgan fingerprint density at radius 1 is 0.692 bits per heavy atom. The first-order valence-electron chi connectivity index (χ1n) is 8.92. The van der Waals surface area contributed by atoms with Gasteiger partial charge in [-0.1, -0.05) is 42.5 Å². The van der Waals surface area contributed by atoms with Crippen molar-refractivity contribution in [2.45, 2.75) is 20.4 Å². The molecule has 0 aliphatic rings. The van der Waals surface area contributed by atoms with Crippen molar-refractivity contribution in [2.24, 2.45) is 0 Å². The molecule has 0 atom stereocenters. The van der Waals surface area contributed by atoms with Gasteiger partial charge in [-0.25, -0.2) is 0 Å². The summed E-state index contributed by atoms with van der Waals surface area (Å²) >= 11 is 0. The van der Waals surface area contributed by atoms with Gasteiger partial charge in [-0.2, -0.15) is 0 Å². The summed E-state index contributed by atoms with van der Waals surface area (Å²) in [5.74, 6) is 1.72. The first kappa shape index (κ1) is 17.9. The summed E-state index contributed by atoms with van der Waals surface area (Å²) in [5, 5.41) is 3.50. The normalized spacial score (nSPS) is 10.4. The molecule has 3 rings (SSSR count). The second kappa shape index (κ2) is 8.95. The zero-order chi connectivity index (χ0) is 18.2. The lowest BCUT2D eigenvalue weighted by Gasteiger charge is -2.12. The van der Waals surface area contributed by atoms with Gasteiger partial charge in [-0.05, 0) is 60.9 Å². The van der Waals surface area contributed by atoms with E-state index < -0.39 is 0 Å². The molecule has 0 unspecified atom stereocenters. The molecule has 3 aromatic rings. The van der Waals surface area contributed by atoms with Crippen LogP contribution in [0.1, 0.15) is 16.7 Å². The smallest absolute Gasteiger partial charge is 0.122 e. The van der Waals surface area contributed by atoms with Crippen LogP contribution in [0.5, 0.6) is 11.5 Å². The molecule has 0 aliphatic heterocycles. The van der Waals surface area contributed by atoms with E-state index in [4.69, 9.17) is 9.47 Å². The average molecular weight is 347 g/mol. The Labute approximate surface area is 155 Å². The van der Waals surface area contributed by atoms with E-state index in [2.05, 4.69) is 49.5 Å². The van der Waals surface area contributed by atoms with Crippen LogP contribution < -0.4 is 14.8 Å². The second-order valence-corrected chi connectivity index (χ2v) is 6.25. The second-order valence-electron chi connectivity index (χ2n) is 6.25. The predicted molar refractivity (Wildman–Crippen MR) is 107 cm³/mol. The molecule has 0 spiro atoms. The molecule has 3 heteroatoms. The van der Waals surface area contributed by atoms with Crippen molar-refractivity contribution < 1.29 is 9.47 Å². The van der Waals surface area contributed by atoms with E-state index in [1.807, 2.05) is 42.5 Å². The van der Waals surface area contributed by atoms with Gasteiger partial charge >= 0.3 is 0 Å². The van der Waals surface area contributed by atoms with E-state index in [-0.39, 0.29) is 0 Å². The van der Waals surface area contributed by atoms with Crippen molar-refractivity contribution in [2.75, 3.05) is 18.5 Å². The minimum atomic E-state index is 0.523. The molecule has 26 heavy (non-hydrogen) atoms. The minimum Gasteiger partial charge on any atom is -0.490 e. The van der Waals surface area contributed by atoms with Gasteiger partial charge in [0.25, 0.3) is 0 Å². The van der Waals surface area contributed by atoms with Crippen LogP contribution in [0.4, 0.5) is 5.69 Å². The first-order valence-corrected chi connectivity index (χ1v) is 8.92. The number of ether oxygens (including phenoxy) is 2. The third kappa shape index (κ3) is 5.03. The van der Waals surface area contributed by atoms with Gasteiger partial charge in [0.2, 0.25) is 0 Å². The summed E-state index contributed by atoms with van der Waals surface area (Å²) in [6.45, 7) is 6.12. The number of benzene rings is 3. The van der Waals surface area contributed by atoms with Gasteiger partial charge in [0.05, 0.1) is 0 Å². The number of anilines is 1. The van der Waals surface area contributed by atoms with Crippen LogP contribution in [0.25, 0.3) is 0 Å².